The van der Waals surface area contributed by atoms with Crippen molar-refractivity contribution in [3.8, 4) is 6.07 Å². The van der Waals surface area contributed by atoms with Gasteiger partial charge in [0.15, 0.2) is 0 Å². The third kappa shape index (κ3) is 4.76. The van der Waals surface area contributed by atoms with E-state index in [4.69, 9.17) is 20.3 Å². The molecule has 3 aromatic rings. The first-order valence-corrected chi connectivity index (χ1v) is 12.9. The minimum atomic E-state index is -1.19. The Bertz CT molecular complexity index is 1550. The van der Waals surface area contributed by atoms with Crippen LogP contribution in [0.25, 0.3) is 0 Å². The number of benzodiazepines with no additional fused rings is 1. The number of nitriles is 1. The van der Waals surface area contributed by atoms with Gasteiger partial charge in [0, 0.05) is 17.3 Å². The molecule has 4 heterocycles. The van der Waals surface area contributed by atoms with Crippen molar-refractivity contribution in [2.75, 3.05) is 23.4 Å². The predicted octanol–water partition coefficient (Wildman–Crippen LogP) is 3.00. The number of ether oxygens (including phenoxy) is 2. The van der Waals surface area contributed by atoms with Crippen molar-refractivity contribution in [1.29, 1.82) is 16.1 Å². The van der Waals surface area contributed by atoms with Gasteiger partial charge in [0.2, 0.25) is 12.1 Å². The Kier molecular flexibility index (Phi) is 6.67. The molecular formula is C29H26N8O3. The summed E-state index contributed by atoms with van der Waals surface area (Å²) in [5.74, 6) is -0.854. The SMILES string of the molecule is N#Cc1cnc(C(=N)OC(=N)N[C@H]2N=C(c3ccccc3)c3ccccc3NC2=O)c(N2C3CCC2COC3)c1. The lowest BCUT2D eigenvalue weighted by atomic mass is 10.0. The van der Waals surface area contributed by atoms with Gasteiger partial charge in [-0.2, -0.15) is 5.26 Å². The minimum Gasteiger partial charge on any atom is -0.405 e. The van der Waals surface area contributed by atoms with Crippen LogP contribution in [0.3, 0.4) is 0 Å². The van der Waals surface area contributed by atoms with Crippen LogP contribution in [0, 0.1) is 22.1 Å². The van der Waals surface area contributed by atoms with E-state index in [-0.39, 0.29) is 23.7 Å². The molecule has 4 N–H and O–H groups in total. The van der Waals surface area contributed by atoms with Crippen molar-refractivity contribution in [3.63, 3.8) is 0 Å². The van der Waals surface area contributed by atoms with Crippen LogP contribution in [0.5, 0.6) is 0 Å². The monoisotopic (exact) mass is 534 g/mol. The van der Waals surface area contributed by atoms with Crippen LogP contribution in [0.2, 0.25) is 0 Å². The van der Waals surface area contributed by atoms with Gasteiger partial charge >= 0.3 is 0 Å². The second kappa shape index (κ2) is 10.6. The second-order valence-corrected chi connectivity index (χ2v) is 9.72. The van der Waals surface area contributed by atoms with E-state index in [9.17, 15) is 10.1 Å². The van der Waals surface area contributed by atoms with E-state index in [0.29, 0.717) is 35.9 Å². The molecule has 200 valence electrons. The summed E-state index contributed by atoms with van der Waals surface area (Å²) in [4.78, 5) is 24.3. The fourth-order valence-electron chi connectivity index (χ4n) is 5.39. The number of rotatable bonds is 4. The Hall–Kier alpha value is -5.08. The van der Waals surface area contributed by atoms with E-state index in [0.717, 1.165) is 24.0 Å². The Morgan fingerprint density at radius 1 is 1.10 bits per heavy atom. The zero-order valence-corrected chi connectivity index (χ0v) is 21.4. The number of amidine groups is 1. The van der Waals surface area contributed by atoms with Crippen LogP contribution >= 0.6 is 0 Å². The highest BCUT2D eigenvalue weighted by atomic mass is 16.5. The predicted molar refractivity (Wildman–Crippen MR) is 149 cm³/mol. The molecule has 1 aromatic heterocycles. The molecule has 2 saturated heterocycles. The molecule has 3 aliphatic heterocycles. The average Bonchev–Trinajstić information content (AvgIpc) is 3.13. The van der Waals surface area contributed by atoms with E-state index in [1.54, 1.807) is 12.1 Å². The number of carbonyl (C=O) groups excluding carboxylic acids is 1. The van der Waals surface area contributed by atoms with Gasteiger partial charge in [0.05, 0.1) is 47.9 Å². The number of carbonyl (C=O) groups is 1. The molecule has 3 aliphatic rings. The Morgan fingerprint density at radius 2 is 1.82 bits per heavy atom. The summed E-state index contributed by atoms with van der Waals surface area (Å²) in [6.45, 7) is 1.11. The number of fused-ring (bicyclic) bond motifs is 3. The number of pyridine rings is 1. The Morgan fingerprint density at radius 3 is 2.58 bits per heavy atom. The van der Waals surface area contributed by atoms with Gasteiger partial charge in [-0.05, 0) is 25.0 Å². The van der Waals surface area contributed by atoms with Crippen molar-refractivity contribution in [2.24, 2.45) is 4.99 Å². The molecule has 0 radical (unpaired) electrons. The molecule has 0 saturated carbocycles. The normalized spacial score (nSPS) is 21.3. The maximum Gasteiger partial charge on any atom is 0.290 e. The first-order valence-electron chi connectivity index (χ1n) is 12.9. The van der Waals surface area contributed by atoms with Crippen molar-refractivity contribution in [3.05, 3.63) is 89.2 Å². The van der Waals surface area contributed by atoms with Gasteiger partial charge < -0.3 is 25.0 Å². The molecule has 1 amide bonds. The van der Waals surface area contributed by atoms with E-state index >= 15 is 0 Å². The fraction of sp³-hybridized carbons (Fsp3) is 0.241. The third-order valence-corrected chi connectivity index (χ3v) is 7.20. The molecule has 40 heavy (non-hydrogen) atoms. The zero-order valence-electron chi connectivity index (χ0n) is 21.4. The fourth-order valence-corrected chi connectivity index (χ4v) is 5.39. The lowest BCUT2D eigenvalue weighted by molar-refractivity contribution is -0.117. The average molecular weight is 535 g/mol. The Balaban J connectivity index is 1.25. The highest BCUT2D eigenvalue weighted by molar-refractivity contribution is 6.19. The van der Waals surface area contributed by atoms with Gasteiger partial charge in [-0.1, -0.05) is 48.5 Å². The second-order valence-electron chi connectivity index (χ2n) is 9.72. The number of benzene rings is 2. The number of aliphatic imine (C=N–C) groups is 1. The number of para-hydroxylation sites is 1. The molecule has 0 spiro atoms. The highest BCUT2D eigenvalue weighted by Crippen LogP contribution is 2.36. The summed E-state index contributed by atoms with van der Waals surface area (Å²) in [7, 11) is 0. The van der Waals surface area contributed by atoms with Crippen molar-refractivity contribution in [1.82, 2.24) is 10.3 Å². The first kappa shape index (κ1) is 25.2. The maximum atomic E-state index is 13.1. The third-order valence-electron chi connectivity index (χ3n) is 7.20. The molecule has 2 fully saturated rings. The standard InChI is InChI=1S/C29H26N8O3/c30-13-17-12-23(37-19-10-11-20(37)16-39-15-19)25(33-14-17)26(31)40-29(32)36-27-28(38)34-22-9-5-4-8-21(22)24(35-27)18-6-2-1-3-7-18/h1-9,12,14,19-20,27,31H,10-11,15-16H2,(H2,32,36)(H,34,38)/t19?,20?,27-/m1/s1. The number of anilines is 2. The molecule has 2 aromatic carbocycles. The molecular weight excluding hydrogens is 508 g/mol. The number of aromatic nitrogens is 1. The summed E-state index contributed by atoms with van der Waals surface area (Å²) < 4.78 is 11.2. The number of nitrogens with one attached hydrogen (secondary N) is 4. The molecule has 2 bridgehead atoms. The van der Waals surface area contributed by atoms with Gasteiger partial charge in [-0.3, -0.25) is 15.6 Å². The summed E-state index contributed by atoms with van der Waals surface area (Å²) >= 11 is 0. The maximum absolute atomic E-state index is 13.1. The van der Waals surface area contributed by atoms with E-state index in [2.05, 4.69) is 31.6 Å². The van der Waals surface area contributed by atoms with Gasteiger partial charge in [-0.25, -0.2) is 9.98 Å². The van der Waals surface area contributed by atoms with Gasteiger partial charge in [0.1, 0.15) is 11.8 Å². The summed E-state index contributed by atoms with van der Waals surface area (Å²) in [6.07, 6.45) is 2.06. The van der Waals surface area contributed by atoms with Crippen molar-refractivity contribution >= 4 is 34.9 Å². The summed E-state index contributed by atoms with van der Waals surface area (Å²) in [6, 6.07) is 20.3. The highest BCUT2D eigenvalue weighted by Gasteiger charge is 2.39. The lowest BCUT2D eigenvalue weighted by Crippen LogP contribution is -2.47. The quantitative estimate of drug-likeness (QED) is 0.296. The van der Waals surface area contributed by atoms with Crippen LogP contribution in [-0.4, -0.2) is 60.0 Å². The first-order chi connectivity index (χ1) is 19.5. The van der Waals surface area contributed by atoms with E-state index < -0.39 is 18.1 Å². The smallest absolute Gasteiger partial charge is 0.290 e. The molecule has 11 heteroatoms. The van der Waals surface area contributed by atoms with Crippen LogP contribution in [-0.2, 0) is 14.3 Å². The number of hydrogen-bond donors (Lipinski definition) is 4. The molecule has 3 atom stereocenters. The minimum absolute atomic E-state index is 0.112. The number of amides is 1. The summed E-state index contributed by atoms with van der Waals surface area (Å²) in [5.41, 5.74) is 3.90. The van der Waals surface area contributed by atoms with Crippen molar-refractivity contribution < 1.29 is 14.3 Å². The zero-order chi connectivity index (χ0) is 27.6. The van der Waals surface area contributed by atoms with Crippen LogP contribution in [0.15, 0.2) is 71.9 Å². The molecule has 11 nitrogen and oxygen atoms in total. The molecule has 0 aliphatic carbocycles. The largest absolute Gasteiger partial charge is 0.405 e. The Labute approximate surface area is 230 Å². The van der Waals surface area contributed by atoms with Crippen LogP contribution < -0.4 is 15.5 Å². The molecule has 2 unspecified atom stereocenters. The van der Waals surface area contributed by atoms with Crippen LogP contribution in [0.4, 0.5) is 11.4 Å². The van der Waals surface area contributed by atoms with E-state index in [1.807, 2.05) is 48.5 Å². The van der Waals surface area contributed by atoms with Crippen LogP contribution in [0.1, 0.15) is 35.2 Å². The van der Waals surface area contributed by atoms with Gasteiger partial charge in [0.25, 0.3) is 11.9 Å². The van der Waals surface area contributed by atoms with Crippen molar-refractivity contribution in [2.45, 2.75) is 31.1 Å². The molecule has 6 rings (SSSR count). The van der Waals surface area contributed by atoms with E-state index in [1.165, 1.54) is 6.20 Å². The lowest BCUT2D eigenvalue weighted by Gasteiger charge is -2.37. The van der Waals surface area contributed by atoms with Gasteiger partial charge in [-0.15, -0.1) is 0 Å². The number of hydrogen-bond acceptors (Lipinski definition) is 9. The topological polar surface area (TPSA) is 160 Å². The summed E-state index contributed by atoms with van der Waals surface area (Å²) in [5, 5.41) is 32.1. The number of morpholine rings is 1. The number of nitrogens with zero attached hydrogens (tertiary/aromatic N) is 4.